The van der Waals surface area contributed by atoms with Gasteiger partial charge in [-0.3, -0.25) is 0 Å². The summed E-state index contributed by atoms with van der Waals surface area (Å²) in [5.41, 5.74) is 6.69. The number of hydrogen-bond acceptors (Lipinski definition) is 1. The van der Waals surface area contributed by atoms with Crippen LogP contribution in [0.5, 0.6) is 0 Å². The number of hydrogen-bond donors (Lipinski definition) is 1. The van der Waals surface area contributed by atoms with E-state index in [0.29, 0.717) is 0 Å². The molecule has 0 spiro atoms. The Labute approximate surface area is 96.9 Å². The Morgan fingerprint density at radius 2 is 1.62 bits per heavy atom. The first kappa shape index (κ1) is 9.53. The van der Waals surface area contributed by atoms with Gasteiger partial charge in [-0.2, -0.15) is 0 Å². The van der Waals surface area contributed by atoms with Crippen LogP contribution in [-0.4, -0.2) is 7.85 Å². The normalized spacial score (nSPS) is 13.2. The molecule has 0 aliphatic carbocycles. The average molecular weight is 207 g/mol. The van der Waals surface area contributed by atoms with E-state index in [9.17, 15) is 0 Å². The molecule has 2 heteroatoms. The van der Waals surface area contributed by atoms with Crippen LogP contribution in [0.25, 0.3) is 0 Å². The predicted octanol–water partition coefficient (Wildman–Crippen LogP) is 1.79. The molecule has 2 aromatic carbocycles. The highest BCUT2D eigenvalue weighted by atomic mass is 14.9. The SMILES string of the molecule is Bc1ccc2c(c1)CCc1ccccc1N2. The molecule has 1 N–H and O–H groups in total. The molecule has 2 aromatic rings. The van der Waals surface area contributed by atoms with E-state index >= 15 is 0 Å². The first-order chi connectivity index (χ1) is 7.83. The molecule has 1 nitrogen and oxygen atoms in total. The zero-order valence-electron chi connectivity index (χ0n) is 9.46. The van der Waals surface area contributed by atoms with Gasteiger partial charge in [0.15, 0.2) is 0 Å². The summed E-state index contributed by atoms with van der Waals surface area (Å²) in [6.45, 7) is 0. The van der Waals surface area contributed by atoms with Gasteiger partial charge in [-0.05, 0) is 36.1 Å². The molecule has 0 saturated heterocycles. The van der Waals surface area contributed by atoms with Gasteiger partial charge in [0.1, 0.15) is 7.85 Å². The van der Waals surface area contributed by atoms with Crippen molar-refractivity contribution in [2.45, 2.75) is 12.8 Å². The highest BCUT2D eigenvalue weighted by Crippen LogP contribution is 2.28. The number of aryl methyl sites for hydroxylation is 2. The number of nitrogens with one attached hydrogen (secondary N) is 1. The molecule has 0 radical (unpaired) electrons. The molecule has 0 bridgehead atoms. The Balaban J connectivity index is 2.08. The van der Waals surface area contributed by atoms with Crippen molar-refractivity contribution in [3.05, 3.63) is 53.6 Å². The van der Waals surface area contributed by atoms with Crippen molar-refractivity contribution in [1.29, 1.82) is 0 Å². The van der Waals surface area contributed by atoms with E-state index in [-0.39, 0.29) is 0 Å². The fraction of sp³-hybridized carbons (Fsp3) is 0.143. The van der Waals surface area contributed by atoms with Gasteiger partial charge in [-0.15, -0.1) is 0 Å². The summed E-state index contributed by atoms with van der Waals surface area (Å²) in [6.07, 6.45) is 2.25. The summed E-state index contributed by atoms with van der Waals surface area (Å²) in [7, 11) is 2.15. The first-order valence-electron chi connectivity index (χ1n) is 5.77. The van der Waals surface area contributed by atoms with Crippen molar-refractivity contribution in [2.75, 3.05) is 5.32 Å². The molecular weight excluding hydrogens is 193 g/mol. The van der Waals surface area contributed by atoms with Crippen LogP contribution >= 0.6 is 0 Å². The molecule has 1 heterocycles. The lowest BCUT2D eigenvalue weighted by Crippen LogP contribution is -2.04. The largest absolute Gasteiger partial charge is 0.355 e. The molecule has 0 atom stereocenters. The minimum atomic E-state index is 1.12. The second-order valence-corrected chi connectivity index (χ2v) is 4.44. The minimum absolute atomic E-state index is 1.12. The summed E-state index contributed by atoms with van der Waals surface area (Å²) >= 11 is 0. The van der Waals surface area contributed by atoms with E-state index in [2.05, 4.69) is 55.6 Å². The quantitative estimate of drug-likeness (QED) is 0.649. The van der Waals surface area contributed by atoms with E-state index in [1.54, 1.807) is 0 Å². The third-order valence-electron chi connectivity index (χ3n) is 3.21. The first-order valence-corrected chi connectivity index (χ1v) is 5.77. The predicted molar refractivity (Wildman–Crippen MR) is 71.8 cm³/mol. The van der Waals surface area contributed by atoms with Gasteiger partial charge in [0.25, 0.3) is 0 Å². The van der Waals surface area contributed by atoms with Gasteiger partial charge in [0.2, 0.25) is 0 Å². The van der Waals surface area contributed by atoms with Crippen molar-refractivity contribution in [3.63, 3.8) is 0 Å². The van der Waals surface area contributed by atoms with Crippen LogP contribution in [0.3, 0.4) is 0 Å². The highest BCUT2D eigenvalue weighted by Gasteiger charge is 2.11. The molecule has 78 valence electrons. The summed E-state index contributed by atoms with van der Waals surface area (Å²) in [5, 5.41) is 3.53. The van der Waals surface area contributed by atoms with E-state index in [1.807, 2.05) is 0 Å². The topological polar surface area (TPSA) is 12.0 Å². The number of fused-ring (bicyclic) bond motifs is 2. The number of benzene rings is 2. The summed E-state index contributed by atoms with van der Waals surface area (Å²) in [5.74, 6) is 0. The number of anilines is 2. The Morgan fingerprint density at radius 3 is 2.56 bits per heavy atom. The van der Waals surface area contributed by atoms with E-state index in [4.69, 9.17) is 0 Å². The molecule has 3 rings (SSSR count). The summed E-state index contributed by atoms with van der Waals surface area (Å²) in [4.78, 5) is 0. The molecule has 0 saturated carbocycles. The summed E-state index contributed by atoms with van der Waals surface area (Å²) < 4.78 is 0. The lowest BCUT2D eigenvalue weighted by Gasteiger charge is -2.09. The van der Waals surface area contributed by atoms with Crippen molar-refractivity contribution in [3.8, 4) is 0 Å². The van der Waals surface area contributed by atoms with Crippen LogP contribution in [0.4, 0.5) is 11.4 Å². The monoisotopic (exact) mass is 207 g/mol. The van der Waals surface area contributed by atoms with Crippen LogP contribution in [-0.2, 0) is 12.8 Å². The van der Waals surface area contributed by atoms with Crippen LogP contribution in [0.15, 0.2) is 42.5 Å². The standard InChI is InChI=1S/C14H14BN/c15-12-7-8-14-11(9-12)6-5-10-3-1-2-4-13(10)16-14/h1-4,7-9,16H,5-6,15H2. The smallest absolute Gasteiger partial charge is 0.139 e. The van der Waals surface area contributed by atoms with Crippen molar-refractivity contribution in [2.24, 2.45) is 0 Å². The van der Waals surface area contributed by atoms with Gasteiger partial charge in [0.05, 0.1) is 0 Å². The number of para-hydroxylation sites is 1. The van der Waals surface area contributed by atoms with E-state index in [1.165, 1.54) is 28.0 Å². The van der Waals surface area contributed by atoms with Crippen LogP contribution in [0, 0.1) is 0 Å². The van der Waals surface area contributed by atoms with Crippen LogP contribution in [0.2, 0.25) is 0 Å². The van der Waals surface area contributed by atoms with Gasteiger partial charge in [-0.25, -0.2) is 0 Å². The third-order valence-corrected chi connectivity index (χ3v) is 3.21. The molecule has 1 aliphatic rings. The Kier molecular flexibility index (Phi) is 2.21. The zero-order chi connectivity index (χ0) is 11.0. The zero-order valence-corrected chi connectivity index (χ0v) is 9.46. The van der Waals surface area contributed by atoms with Gasteiger partial charge in [0, 0.05) is 11.4 Å². The lowest BCUT2D eigenvalue weighted by atomic mass is 9.92. The summed E-state index contributed by atoms with van der Waals surface area (Å²) in [6, 6.07) is 15.2. The molecule has 0 amide bonds. The Bertz CT molecular complexity index is 534. The van der Waals surface area contributed by atoms with Crippen LogP contribution < -0.4 is 10.8 Å². The van der Waals surface area contributed by atoms with E-state index < -0.39 is 0 Å². The van der Waals surface area contributed by atoms with E-state index in [0.717, 1.165) is 12.8 Å². The fourth-order valence-corrected chi connectivity index (χ4v) is 2.33. The molecule has 0 fully saturated rings. The second kappa shape index (κ2) is 3.71. The maximum atomic E-state index is 3.53. The molecular formula is C14H14BN. The van der Waals surface area contributed by atoms with Crippen molar-refractivity contribution >= 4 is 24.7 Å². The third kappa shape index (κ3) is 1.60. The molecule has 1 aliphatic heterocycles. The Morgan fingerprint density at radius 1 is 0.875 bits per heavy atom. The molecule has 0 unspecified atom stereocenters. The number of rotatable bonds is 0. The van der Waals surface area contributed by atoms with Gasteiger partial charge < -0.3 is 5.32 Å². The Hall–Kier alpha value is -1.70. The highest BCUT2D eigenvalue weighted by molar-refractivity contribution is 6.32. The fourth-order valence-electron chi connectivity index (χ4n) is 2.33. The van der Waals surface area contributed by atoms with Crippen LogP contribution in [0.1, 0.15) is 11.1 Å². The lowest BCUT2D eigenvalue weighted by molar-refractivity contribution is 0.979. The van der Waals surface area contributed by atoms with Gasteiger partial charge in [-0.1, -0.05) is 35.8 Å². The maximum Gasteiger partial charge on any atom is 0.139 e. The average Bonchev–Trinajstić information content (AvgIpc) is 2.48. The second-order valence-electron chi connectivity index (χ2n) is 4.44. The molecule has 16 heavy (non-hydrogen) atoms. The van der Waals surface area contributed by atoms with Crippen molar-refractivity contribution < 1.29 is 0 Å². The maximum absolute atomic E-state index is 3.53. The van der Waals surface area contributed by atoms with Gasteiger partial charge >= 0.3 is 0 Å². The van der Waals surface area contributed by atoms with Crippen molar-refractivity contribution in [1.82, 2.24) is 0 Å². The minimum Gasteiger partial charge on any atom is -0.355 e. The molecule has 0 aromatic heterocycles.